The molecule has 1 spiro atoms. The van der Waals surface area contributed by atoms with Crippen molar-refractivity contribution in [2.24, 2.45) is 5.41 Å². The van der Waals surface area contributed by atoms with Crippen molar-refractivity contribution in [3.63, 3.8) is 0 Å². The van der Waals surface area contributed by atoms with Crippen LogP contribution in [0, 0.1) is 5.41 Å². The fraction of sp³-hybridized carbons (Fsp3) is 0.471. The van der Waals surface area contributed by atoms with Crippen LogP contribution < -0.4 is 10.1 Å². The van der Waals surface area contributed by atoms with Crippen LogP contribution in [0.25, 0.3) is 10.9 Å². The molecule has 1 saturated carbocycles. The molecule has 1 aromatic carbocycles. The van der Waals surface area contributed by atoms with Gasteiger partial charge in [-0.05, 0) is 30.4 Å². The van der Waals surface area contributed by atoms with Crippen molar-refractivity contribution in [1.82, 2.24) is 20.4 Å². The summed E-state index contributed by atoms with van der Waals surface area (Å²) in [6.07, 6.45) is 1.90. The van der Waals surface area contributed by atoms with Crippen molar-refractivity contribution in [2.75, 3.05) is 26.2 Å². The van der Waals surface area contributed by atoms with Crippen molar-refractivity contribution >= 4 is 17.0 Å². The summed E-state index contributed by atoms with van der Waals surface area (Å²) in [5.74, 6) is 0.891. The number of aromatic hydroxyl groups is 1. The van der Waals surface area contributed by atoms with Crippen LogP contribution in [0.1, 0.15) is 24.3 Å². The van der Waals surface area contributed by atoms with E-state index in [-0.39, 0.29) is 17.4 Å². The summed E-state index contributed by atoms with van der Waals surface area (Å²) in [6, 6.07) is 5.30. The van der Waals surface area contributed by atoms with Gasteiger partial charge >= 0.3 is 6.09 Å². The molecule has 1 aliphatic carbocycles. The molecule has 5 rings (SSSR count). The molecule has 2 aliphatic heterocycles. The summed E-state index contributed by atoms with van der Waals surface area (Å²) in [5, 5.41) is 21.2. The van der Waals surface area contributed by atoms with Gasteiger partial charge < -0.3 is 20.1 Å². The first kappa shape index (κ1) is 14.0. The first-order valence-corrected chi connectivity index (χ1v) is 8.30. The molecule has 0 atom stereocenters. The molecule has 2 saturated heterocycles. The maximum absolute atomic E-state index is 12.4. The largest absolute Gasteiger partial charge is 0.492 e. The van der Waals surface area contributed by atoms with E-state index < -0.39 is 0 Å². The van der Waals surface area contributed by atoms with Crippen LogP contribution in [-0.4, -0.2) is 52.5 Å². The molecule has 3 fully saturated rings. The van der Waals surface area contributed by atoms with E-state index in [9.17, 15) is 9.90 Å². The molecule has 1 amide bonds. The molecule has 2 N–H and O–H groups in total. The third kappa shape index (κ3) is 2.19. The van der Waals surface area contributed by atoms with E-state index in [1.54, 1.807) is 17.0 Å². The monoisotopic (exact) mass is 326 g/mol. The van der Waals surface area contributed by atoms with Crippen molar-refractivity contribution in [3.05, 3.63) is 23.8 Å². The molecule has 7 heteroatoms. The number of nitrogens with one attached hydrogen (secondary N) is 1. The van der Waals surface area contributed by atoms with Gasteiger partial charge in [0, 0.05) is 49.1 Å². The van der Waals surface area contributed by atoms with E-state index in [0.29, 0.717) is 17.2 Å². The highest BCUT2D eigenvalue weighted by molar-refractivity contribution is 5.83. The number of rotatable bonds is 2. The lowest BCUT2D eigenvalue weighted by atomic mass is 9.75. The Labute approximate surface area is 138 Å². The molecule has 24 heavy (non-hydrogen) atoms. The number of fused-ring (bicyclic) bond motifs is 1. The molecule has 3 heterocycles. The first-order valence-electron chi connectivity index (χ1n) is 8.30. The number of hydrogen-bond donors (Lipinski definition) is 2. The van der Waals surface area contributed by atoms with Crippen molar-refractivity contribution in [2.45, 2.75) is 18.8 Å². The summed E-state index contributed by atoms with van der Waals surface area (Å²) in [5.41, 5.74) is 1.91. The minimum atomic E-state index is -0.291. The van der Waals surface area contributed by atoms with E-state index in [4.69, 9.17) is 4.74 Å². The Morgan fingerprint density at radius 2 is 2.04 bits per heavy atom. The minimum absolute atomic E-state index is 0.103. The number of amides is 1. The quantitative estimate of drug-likeness (QED) is 0.872. The molecular weight excluding hydrogens is 308 g/mol. The number of hydrogen-bond acceptors (Lipinski definition) is 6. The zero-order valence-corrected chi connectivity index (χ0v) is 13.2. The van der Waals surface area contributed by atoms with Gasteiger partial charge in [0.2, 0.25) is 5.88 Å². The molecule has 7 nitrogen and oxygen atoms in total. The lowest BCUT2D eigenvalue weighted by molar-refractivity contribution is -0.0233. The summed E-state index contributed by atoms with van der Waals surface area (Å²) < 4.78 is 5.69. The molecule has 0 bridgehead atoms. The van der Waals surface area contributed by atoms with Gasteiger partial charge in [0.15, 0.2) is 0 Å². The smallest absolute Gasteiger partial charge is 0.415 e. The van der Waals surface area contributed by atoms with Gasteiger partial charge in [-0.25, -0.2) is 4.79 Å². The van der Waals surface area contributed by atoms with Crippen molar-refractivity contribution in [1.29, 1.82) is 0 Å². The second-order valence-electron chi connectivity index (χ2n) is 7.25. The molecule has 0 unspecified atom stereocenters. The predicted molar refractivity (Wildman–Crippen MR) is 86.1 cm³/mol. The third-order valence-electron chi connectivity index (χ3n) is 5.23. The first-order chi connectivity index (χ1) is 11.6. The van der Waals surface area contributed by atoms with Crippen LogP contribution in [0.5, 0.6) is 11.6 Å². The van der Waals surface area contributed by atoms with Gasteiger partial charge in [0.25, 0.3) is 0 Å². The predicted octanol–water partition coefficient (Wildman–Crippen LogP) is 1.62. The van der Waals surface area contributed by atoms with Crippen LogP contribution in [-0.2, 0) is 0 Å². The van der Waals surface area contributed by atoms with Crippen molar-refractivity contribution < 1.29 is 14.6 Å². The van der Waals surface area contributed by atoms with Gasteiger partial charge in [0.1, 0.15) is 5.75 Å². The number of carbonyl (C=O) groups excluding carboxylic acids is 1. The lowest BCUT2D eigenvalue weighted by Crippen LogP contribution is -2.72. The fourth-order valence-corrected chi connectivity index (χ4v) is 3.63. The molecule has 3 aliphatic rings. The topological polar surface area (TPSA) is 87.6 Å². The van der Waals surface area contributed by atoms with Crippen LogP contribution in [0.3, 0.4) is 0 Å². The van der Waals surface area contributed by atoms with Crippen LogP contribution >= 0.6 is 0 Å². The Morgan fingerprint density at radius 3 is 2.71 bits per heavy atom. The van der Waals surface area contributed by atoms with Gasteiger partial charge in [-0.3, -0.25) is 0 Å². The highest BCUT2D eigenvalue weighted by Crippen LogP contribution is 2.46. The summed E-state index contributed by atoms with van der Waals surface area (Å²) in [7, 11) is 0. The van der Waals surface area contributed by atoms with Crippen molar-refractivity contribution in [3.8, 4) is 11.6 Å². The highest BCUT2D eigenvalue weighted by atomic mass is 16.6. The lowest BCUT2D eigenvalue weighted by Gasteiger charge is -2.55. The SMILES string of the molecule is O=C(Oc1cc2nnc(O)cc2cc1C1CC1)N1CC2(CNC2)C1. The Bertz CT molecular complexity index is 837. The van der Waals surface area contributed by atoms with Crippen LogP contribution in [0.2, 0.25) is 0 Å². The van der Waals surface area contributed by atoms with Crippen LogP contribution in [0.4, 0.5) is 4.79 Å². The van der Waals surface area contributed by atoms with Gasteiger partial charge in [-0.2, -0.15) is 0 Å². The Balaban J connectivity index is 1.41. The average Bonchev–Trinajstić information content (AvgIpc) is 3.28. The molecular formula is C17H18N4O3. The van der Waals surface area contributed by atoms with Gasteiger partial charge in [0.05, 0.1) is 5.52 Å². The second-order valence-corrected chi connectivity index (χ2v) is 7.25. The minimum Gasteiger partial charge on any atom is -0.492 e. The number of nitrogens with zero attached hydrogens (tertiary/aromatic N) is 3. The Kier molecular flexibility index (Phi) is 2.79. The Hall–Kier alpha value is -2.41. The number of benzene rings is 1. The number of ether oxygens (including phenoxy) is 1. The summed E-state index contributed by atoms with van der Waals surface area (Å²) >= 11 is 0. The highest BCUT2D eigenvalue weighted by Gasteiger charge is 2.50. The van der Waals surface area contributed by atoms with E-state index in [1.165, 1.54) is 0 Å². The number of likely N-dealkylation sites (tertiary alicyclic amines) is 1. The zero-order chi connectivity index (χ0) is 16.3. The summed E-state index contributed by atoms with van der Waals surface area (Å²) in [4.78, 5) is 14.2. The van der Waals surface area contributed by atoms with E-state index >= 15 is 0 Å². The maximum atomic E-state index is 12.4. The third-order valence-corrected chi connectivity index (χ3v) is 5.23. The Morgan fingerprint density at radius 1 is 1.25 bits per heavy atom. The number of carbonyl (C=O) groups is 1. The average molecular weight is 326 g/mol. The fourth-order valence-electron chi connectivity index (χ4n) is 3.63. The van der Waals surface area contributed by atoms with Gasteiger partial charge in [-0.1, -0.05) is 0 Å². The second kappa shape index (κ2) is 4.80. The van der Waals surface area contributed by atoms with E-state index in [0.717, 1.165) is 50.0 Å². The van der Waals surface area contributed by atoms with E-state index in [2.05, 4.69) is 15.5 Å². The van der Waals surface area contributed by atoms with E-state index in [1.807, 2.05) is 6.07 Å². The maximum Gasteiger partial charge on any atom is 0.415 e. The van der Waals surface area contributed by atoms with Gasteiger partial charge in [-0.15, -0.1) is 10.2 Å². The molecule has 2 aromatic rings. The molecule has 0 radical (unpaired) electrons. The normalized spacial score (nSPS) is 21.4. The standard InChI is InChI=1S/C17H18N4O3/c22-15-4-11-3-12(10-1-2-10)14(5-13(11)19-20-15)24-16(23)21-8-17(9-21)6-18-7-17/h3-5,10,18H,1-2,6-9H2,(H,20,22). The zero-order valence-electron chi connectivity index (χ0n) is 13.2. The number of aromatic nitrogens is 2. The summed E-state index contributed by atoms with van der Waals surface area (Å²) in [6.45, 7) is 3.50. The van der Waals surface area contributed by atoms with Crippen LogP contribution in [0.15, 0.2) is 18.2 Å². The molecule has 1 aromatic heterocycles. The molecule has 124 valence electrons.